The Balaban J connectivity index is 1.64. The van der Waals surface area contributed by atoms with Crippen LogP contribution in [0.25, 0.3) is 5.57 Å². The van der Waals surface area contributed by atoms with Gasteiger partial charge in [0.25, 0.3) is 0 Å². The molecule has 0 atom stereocenters. The maximum atomic E-state index is 12.0. The third-order valence-electron chi connectivity index (χ3n) is 3.74. The van der Waals surface area contributed by atoms with Crippen LogP contribution in [0.4, 0.5) is 0 Å². The second kappa shape index (κ2) is 7.85. The SMILES string of the molecule is C=C(CNCCC(=O)N1CCCCC1)c1ccccc1. The largest absolute Gasteiger partial charge is 0.343 e. The fourth-order valence-corrected chi connectivity index (χ4v) is 2.51. The zero-order valence-electron chi connectivity index (χ0n) is 12.1. The van der Waals surface area contributed by atoms with Crippen LogP contribution in [0.2, 0.25) is 0 Å². The van der Waals surface area contributed by atoms with Crippen molar-refractivity contribution in [1.29, 1.82) is 0 Å². The monoisotopic (exact) mass is 272 g/mol. The summed E-state index contributed by atoms with van der Waals surface area (Å²) >= 11 is 0. The molecule has 1 aromatic carbocycles. The Morgan fingerprint density at radius 3 is 2.55 bits per heavy atom. The van der Waals surface area contributed by atoms with E-state index < -0.39 is 0 Å². The van der Waals surface area contributed by atoms with Gasteiger partial charge in [0.2, 0.25) is 5.91 Å². The number of carbonyl (C=O) groups is 1. The van der Waals surface area contributed by atoms with Crippen LogP contribution < -0.4 is 5.32 Å². The predicted octanol–water partition coefficient (Wildman–Crippen LogP) is 2.69. The van der Waals surface area contributed by atoms with Crippen molar-refractivity contribution in [3.63, 3.8) is 0 Å². The van der Waals surface area contributed by atoms with Gasteiger partial charge < -0.3 is 10.2 Å². The van der Waals surface area contributed by atoms with Crippen molar-refractivity contribution in [3.8, 4) is 0 Å². The van der Waals surface area contributed by atoms with E-state index in [1.165, 1.54) is 6.42 Å². The smallest absolute Gasteiger partial charge is 0.223 e. The summed E-state index contributed by atoms with van der Waals surface area (Å²) in [6, 6.07) is 10.1. The molecule has 1 N–H and O–H groups in total. The molecule has 0 saturated carbocycles. The molecule has 20 heavy (non-hydrogen) atoms. The van der Waals surface area contributed by atoms with Crippen LogP contribution in [-0.2, 0) is 4.79 Å². The van der Waals surface area contributed by atoms with Gasteiger partial charge in [-0.25, -0.2) is 0 Å². The molecule has 1 amide bonds. The fourth-order valence-electron chi connectivity index (χ4n) is 2.51. The van der Waals surface area contributed by atoms with Gasteiger partial charge in [0.15, 0.2) is 0 Å². The maximum absolute atomic E-state index is 12.0. The predicted molar refractivity (Wildman–Crippen MR) is 83.4 cm³/mol. The second-order valence-corrected chi connectivity index (χ2v) is 5.34. The van der Waals surface area contributed by atoms with Crippen molar-refractivity contribution < 1.29 is 4.79 Å². The van der Waals surface area contributed by atoms with Crippen molar-refractivity contribution in [3.05, 3.63) is 42.5 Å². The summed E-state index contributed by atoms with van der Waals surface area (Å²) in [6.07, 6.45) is 4.16. The summed E-state index contributed by atoms with van der Waals surface area (Å²) in [7, 11) is 0. The van der Waals surface area contributed by atoms with E-state index in [1.807, 2.05) is 23.1 Å². The van der Waals surface area contributed by atoms with Crippen LogP contribution in [-0.4, -0.2) is 37.0 Å². The Labute approximate surface area is 121 Å². The average molecular weight is 272 g/mol. The van der Waals surface area contributed by atoms with Crippen molar-refractivity contribution in [2.45, 2.75) is 25.7 Å². The molecule has 3 heteroatoms. The highest BCUT2D eigenvalue weighted by atomic mass is 16.2. The highest BCUT2D eigenvalue weighted by molar-refractivity contribution is 5.76. The lowest BCUT2D eigenvalue weighted by Crippen LogP contribution is -2.37. The molecule has 0 aromatic heterocycles. The molecule has 1 heterocycles. The number of rotatable bonds is 6. The van der Waals surface area contributed by atoms with Gasteiger partial charge in [-0.2, -0.15) is 0 Å². The third-order valence-corrected chi connectivity index (χ3v) is 3.74. The number of likely N-dealkylation sites (tertiary alicyclic amines) is 1. The molecule has 1 aliphatic rings. The normalized spacial score (nSPS) is 15.1. The lowest BCUT2D eigenvalue weighted by molar-refractivity contribution is -0.131. The van der Waals surface area contributed by atoms with Crippen molar-refractivity contribution in [2.24, 2.45) is 0 Å². The minimum Gasteiger partial charge on any atom is -0.343 e. The van der Waals surface area contributed by atoms with Crippen molar-refractivity contribution >= 4 is 11.5 Å². The number of piperidine rings is 1. The van der Waals surface area contributed by atoms with E-state index in [4.69, 9.17) is 0 Å². The molecule has 1 fully saturated rings. The summed E-state index contributed by atoms with van der Waals surface area (Å²) < 4.78 is 0. The van der Waals surface area contributed by atoms with Crippen LogP contribution >= 0.6 is 0 Å². The highest BCUT2D eigenvalue weighted by Crippen LogP contribution is 2.11. The summed E-state index contributed by atoms with van der Waals surface area (Å²) in [5.74, 6) is 0.280. The van der Waals surface area contributed by atoms with E-state index in [0.717, 1.165) is 50.2 Å². The minimum absolute atomic E-state index is 0.280. The number of carbonyl (C=O) groups excluding carboxylic acids is 1. The number of amides is 1. The first-order chi connectivity index (χ1) is 9.77. The van der Waals surface area contributed by atoms with Gasteiger partial charge in [-0.05, 0) is 30.4 Å². The van der Waals surface area contributed by atoms with Crippen LogP contribution in [0.5, 0.6) is 0 Å². The molecule has 3 nitrogen and oxygen atoms in total. The summed E-state index contributed by atoms with van der Waals surface area (Å²) in [5, 5.41) is 3.31. The quantitative estimate of drug-likeness (QED) is 0.808. The zero-order chi connectivity index (χ0) is 14.2. The van der Waals surface area contributed by atoms with E-state index in [-0.39, 0.29) is 5.91 Å². The molecule has 108 valence electrons. The van der Waals surface area contributed by atoms with Gasteiger partial charge in [0, 0.05) is 32.6 Å². The fraction of sp³-hybridized carbons (Fsp3) is 0.471. The van der Waals surface area contributed by atoms with E-state index in [1.54, 1.807) is 0 Å². The van der Waals surface area contributed by atoms with E-state index in [0.29, 0.717) is 6.42 Å². The van der Waals surface area contributed by atoms with Gasteiger partial charge >= 0.3 is 0 Å². The second-order valence-electron chi connectivity index (χ2n) is 5.34. The first-order valence-corrected chi connectivity index (χ1v) is 7.49. The lowest BCUT2D eigenvalue weighted by atomic mass is 10.1. The van der Waals surface area contributed by atoms with E-state index in [2.05, 4.69) is 24.0 Å². The van der Waals surface area contributed by atoms with Crippen LogP contribution in [0.15, 0.2) is 36.9 Å². The number of hydrogen-bond acceptors (Lipinski definition) is 2. The van der Waals surface area contributed by atoms with Crippen LogP contribution in [0, 0.1) is 0 Å². The van der Waals surface area contributed by atoms with Crippen LogP contribution in [0.3, 0.4) is 0 Å². The molecule has 1 aromatic rings. The average Bonchev–Trinajstić information content (AvgIpc) is 2.53. The molecular weight excluding hydrogens is 248 g/mol. The number of nitrogens with zero attached hydrogens (tertiary/aromatic N) is 1. The minimum atomic E-state index is 0.280. The number of hydrogen-bond donors (Lipinski definition) is 1. The third kappa shape index (κ3) is 4.49. The van der Waals surface area contributed by atoms with Gasteiger partial charge in [-0.1, -0.05) is 36.9 Å². The highest BCUT2D eigenvalue weighted by Gasteiger charge is 2.15. The van der Waals surface area contributed by atoms with Gasteiger partial charge in [-0.3, -0.25) is 4.79 Å². The molecular formula is C17H24N2O. The first-order valence-electron chi connectivity index (χ1n) is 7.49. The number of nitrogens with one attached hydrogen (secondary N) is 1. The standard InChI is InChI=1S/C17H24N2O/c1-15(16-8-4-2-5-9-16)14-18-11-10-17(20)19-12-6-3-7-13-19/h2,4-5,8-9,18H,1,3,6-7,10-14H2. The van der Waals surface area contributed by atoms with Gasteiger partial charge in [0.05, 0.1) is 0 Å². The first kappa shape index (κ1) is 14.8. The van der Waals surface area contributed by atoms with E-state index >= 15 is 0 Å². The Hall–Kier alpha value is -1.61. The van der Waals surface area contributed by atoms with Crippen molar-refractivity contribution in [1.82, 2.24) is 10.2 Å². The Morgan fingerprint density at radius 2 is 1.85 bits per heavy atom. The number of benzene rings is 1. The zero-order valence-corrected chi connectivity index (χ0v) is 12.1. The molecule has 0 unspecified atom stereocenters. The topological polar surface area (TPSA) is 32.3 Å². The Morgan fingerprint density at radius 1 is 1.15 bits per heavy atom. The molecule has 1 saturated heterocycles. The molecule has 0 radical (unpaired) electrons. The summed E-state index contributed by atoms with van der Waals surface area (Å²) in [6.45, 7) is 7.41. The molecule has 2 rings (SSSR count). The summed E-state index contributed by atoms with van der Waals surface area (Å²) in [4.78, 5) is 14.0. The molecule has 0 spiro atoms. The molecule has 0 bridgehead atoms. The van der Waals surface area contributed by atoms with Crippen LogP contribution in [0.1, 0.15) is 31.2 Å². The Bertz CT molecular complexity index is 436. The molecule has 0 aliphatic carbocycles. The van der Waals surface area contributed by atoms with Gasteiger partial charge in [-0.15, -0.1) is 0 Å². The summed E-state index contributed by atoms with van der Waals surface area (Å²) in [5.41, 5.74) is 2.22. The van der Waals surface area contributed by atoms with E-state index in [9.17, 15) is 4.79 Å². The maximum Gasteiger partial charge on any atom is 0.223 e. The van der Waals surface area contributed by atoms with Crippen molar-refractivity contribution in [2.75, 3.05) is 26.2 Å². The molecule has 1 aliphatic heterocycles. The lowest BCUT2D eigenvalue weighted by Gasteiger charge is -2.26. The Kier molecular flexibility index (Phi) is 5.81. The van der Waals surface area contributed by atoms with Gasteiger partial charge in [0.1, 0.15) is 0 Å².